The van der Waals surface area contributed by atoms with Crippen LogP contribution in [0.25, 0.3) is 0 Å². The molecule has 0 saturated carbocycles. The summed E-state index contributed by atoms with van der Waals surface area (Å²) < 4.78 is 51.2. The third-order valence-corrected chi connectivity index (χ3v) is 9.08. The summed E-state index contributed by atoms with van der Waals surface area (Å²) in [5.74, 6) is -1.19. The number of carbonyl (C=O) groups excluding carboxylic acids is 1. The van der Waals surface area contributed by atoms with Gasteiger partial charge in [0.2, 0.25) is 10.0 Å². The minimum atomic E-state index is -5.12. The first-order valence-corrected chi connectivity index (χ1v) is 16.0. The second kappa shape index (κ2) is 15.9. The van der Waals surface area contributed by atoms with Gasteiger partial charge in [0.05, 0.1) is 18.1 Å². The van der Waals surface area contributed by atoms with Gasteiger partial charge >= 0.3 is 43.8 Å². The maximum atomic E-state index is 13.6. The minimum absolute atomic E-state index is 0. The Morgan fingerprint density at radius 3 is 2.35 bits per heavy atom. The number of hydrogen-bond donors (Lipinski definition) is 2. The van der Waals surface area contributed by atoms with Gasteiger partial charge in [-0.25, -0.2) is 13.2 Å². The number of amides is 1. The first-order chi connectivity index (χ1) is 18.3. The second-order valence-electron chi connectivity index (χ2n) is 10.2. The van der Waals surface area contributed by atoms with Gasteiger partial charge in [-0.15, -0.1) is 0 Å². The molecule has 0 aromatic heterocycles. The smallest absolute Gasteiger partial charge is 0.811 e. The van der Waals surface area contributed by atoms with E-state index in [9.17, 15) is 27.6 Å². The Labute approximate surface area is 266 Å². The number of nitrogen functional groups attached to an aromatic ring is 1. The molecule has 1 amide bonds. The van der Waals surface area contributed by atoms with Crippen LogP contribution in [0.1, 0.15) is 25.8 Å². The van der Waals surface area contributed by atoms with Crippen molar-refractivity contribution in [2.24, 2.45) is 11.8 Å². The van der Waals surface area contributed by atoms with Crippen LogP contribution in [0.4, 0.5) is 10.5 Å². The van der Waals surface area contributed by atoms with Gasteiger partial charge in [-0.1, -0.05) is 51.8 Å². The molecule has 1 heterocycles. The minimum Gasteiger partial charge on any atom is -0.811 e. The Kier molecular flexibility index (Phi) is 13.9. The molecule has 2 aromatic carbocycles. The van der Waals surface area contributed by atoms with Crippen molar-refractivity contribution in [3.63, 3.8) is 0 Å². The number of carbonyl (C=O) groups is 1. The normalized spacial score (nSPS) is 17.3. The van der Waals surface area contributed by atoms with Crippen LogP contribution < -0.4 is 20.8 Å². The Hall–Kier alpha value is -1.21. The molecule has 0 aliphatic carbocycles. The van der Waals surface area contributed by atoms with E-state index in [2.05, 4.69) is 5.32 Å². The van der Waals surface area contributed by atoms with Crippen LogP contribution >= 0.6 is 7.60 Å². The molecule has 3 atom stereocenters. The number of nitrogens with two attached hydrogens (primary N) is 1. The van der Waals surface area contributed by atoms with Crippen LogP contribution in [0.2, 0.25) is 0 Å². The van der Waals surface area contributed by atoms with Crippen molar-refractivity contribution in [3.8, 4) is 0 Å². The van der Waals surface area contributed by atoms with Gasteiger partial charge in [-0.2, -0.15) is 4.31 Å². The maximum absolute atomic E-state index is 13.6. The summed E-state index contributed by atoms with van der Waals surface area (Å²) in [4.78, 5) is 36.9. The number of anilines is 1. The first kappa shape index (κ1) is 35.0. The summed E-state index contributed by atoms with van der Waals surface area (Å²) in [5.41, 5.74) is 6.88. The molecule has 1 aliphatic heterocycles. The van der Waals surface area contributed by atoms with Crippen LogP contribution in [-0.2, 0) is 30.5 Å². The Bertz CT molecular complexity index is 1220. The van der Waals surface area contributed by atoms with Gasteiger partial charge in [0, 0.05) is 31.2 Å². The summed E-state index contributed by atoms with van der Waals surface area (Å²) in [5, 5.41) is 2.72. The molecule has 0 bridgehead atoms. The molecule has 1 saturated heterocycles. The van der Waals surface area contributed by atoms with Gasteiger partial charge in [-0.05, 0) is 54.2 Å². The summed E-state index contributed by atoms with van der Waals surface area (Å²) >= 11 is 0. The summed E-state index contributed by atoms with van der Waals surface area (Å²) in [6, 6.07) is 13.7. The number of sulfonamides is 1. The van der Waals surface area contributed by atoms with Crippen LogP contribution in [0.5, 0.6) is 0 Å². The van der Waals surface area contributed by atoms with E-state index in [4.69, 9.17) is 15.2 Å². The number of rotatable bonds is 13. The number of nitrogens with zero attached hydrogens (tertiary/aromatic N) is 1. The van der Waals surface area contributed by atoms with Gasteiger partial charge in [0.15, 0.2) is 0 Å². The quantitative estimate of drug-likeness (QED) is 0.189. The van der Waals surface area contributed by atoms with Crippen molar-refractivity contribution in [2.45, 2.75) is 43.7 Å². The first-order valence-electron chi connectivity index (χ1n) is 12.8. The van der Waals surface area contributed by atoms with Crippen molar-refractivity contribution >= 4 is 67.1 Å². The van der Waals surface area contributed by atoms with E-state index in [1.165, 1.54) is 28.6 Å². The molecular weight excluding hydrogens is 585 g/mol. The Morgan fingerprint density at radius 2 is 1.80 bits per heavy atom. The average Bonchev–Trinajstić information content (AvgIpc) is 3.35. The van der Waals surface area contributed by atoms with Gasteiger partial charge in [0.1, 0.15) is 6.10 Å². The van der Waals surface area contributed by atoms with Crippen molar-refractivity contribution in [2.75, 3.05) is 38.2 Å². The molecule has 1 fully saturated rings. The zero-order valence-corrected chi connectivity index (χ0v) is 26.7. The SMILES string of the molecule is CC(C)CN(C[C@@H](CP(=O)([O-])[O-])[C@H](Cc1ccccc1)NC(=O)O[C@H]1CCOC1)S(=O)(=O)c1ccc(N)cc1.[Ca+2]. The number of hydrogen-bond acceptors (Lipinski definition) is 9. The largest absolute Gasteiger partial charge is 2.00 e. The van der Waals surface area contributed by atoms with E-state index < -0.39 is 47.9 Å². The molecule has 14 heteroatoms. The molecule has 11 nitrogen and oxygen atoms in total. The Balaban J connectivity index is 0.00000560. The molecule has 0 radical (unpaired) electrons. The van der Waals surface area contributed by atoms with Crippen LogP contribution in [-0.4, -0.2) is 101 Å². The van der Waals surface area contributed by atoms with Crippen molar-refractivity contribution < 1.29 is 37.0 Å². The van der Waals surface area contributed by atoms with Crippen LogP contribution in [0.15, 0.2) is 59.5 Å². The van der Waals surface area contributed by atoms with Crippen molar-refractivity contribution in [3.05, 3.63) is 60.2 Å². The molecule has 1 aliphatic rings. The fourth-order valence-electron chi connectivity index (χ4n) is 4.47. The second-order valence-corrected chi connectivity index (χ2v) is 13.7. The predicted octanol–water partition coefficient (Wildman–Crippen LogP) is 1.19. The van der Waals surface area contributed by atoms with E-state index in [1.54, 1.807) is 24.3 Å². The molecule has 3 N–H and O–H groups in total. The van der Waals surface area contributed by atoms with Crippen molar-refractivity contribution in [1.29, 1.82) is 0 Å². The molecule has 2 aromatic rings. The summed E-state index contributed by atoms with van der Waals surface area (Å²) in [6.45, 7) is 4.10. The van der Waals surface area contributed by atoms with Gasteiger partial charge in [-0.3, -0.25) is 0 Å². The van der Waals surface area contributed by atoms with E-state index in [-0.39, 0.29) is 74.7 Å². The zero-order chi connectivity index (χ0) is 28.6. The van der Waals surface area contributed by atoms with E-state index in [0.717, 1.165) is 5.56 Å². The molecule has 216 valence electrons. The van der Waals surface area contributed by atoms with Crippen molar-refractivity contribution in [1.82, 2.24) is 9.62 Å². The van der Waals surface area contributed by atoms with E-state index >= 15 is 0 Å². The Morgan fingerprint density at radius 1 is 1.15 bits per heavy atom. The zero-order valence-electron chi connectivity index (χ0n) is 22.8. The van der Waals surface area contributed by atoms with E-state index in [1.807, 2.05) is 19.9 Å². The van der Waals surface area contributed by atoms with Gasteiger partial charge in [0.25, 0.3) is 0 Å². The monoisotopic (exact) mass is 621 g/mol. The molecule has 3 rings (SSSR count). The number of nitrogens with one attached hydrogen (secondary N) is 1. The third kappa shape index (κ3) is 11.2. The molecule has 0 unspecified atom stereocenters. The summed E-state index contributed by atoms with van der Waals surface area (Å²) in [7, 11) is -9.22. The summed E-state index contributed by atoms with van der Waals surface area (Å²) in [6.07, 6.45) is -1.42. The van der Waals surface area contributed by atoms with Crippen LogP contribution in [0, 0.1) is 11.8 Å². The fraction of sp³-hybridized carbons (Fsp3) is 0.500. The van der Waals surface area contributed by atoms with Crippen LogP contribution in [0.3, 0.4) is 0 Å². The average molecular weight is 622 g/mol. The molecule has 0 spiro atoms. The molecule has 40 heavy (non-hydrogen) atoms. The van der Waals surface area contributed by atoms with Gasteiger partial charge < -0.3 is 34.9 Å². The standard InChI is InChI=1S/C26H38N3O8PS.Ca/c1-19(2)15-29(39(34,35)24-10-8-22(27)9-11-24)16-21(18-38(31,32)33)25(14-20-6-4-3-5-7-20)28-26(30)37-23-12-13-36-17-23;/h3-11,19,21,23,25H,12-18,27H2,1-2H3,(H,28,30)(H2,31,32,33);/q;+2/p-2/t21-,23-,25-;/m0./s1. The predicted molar refractivity (Wildman–Crippen MR) is 149 cm³/mol. The third-order valence-electron chi connectivity index (χ3n) is 6.32. The number of alkyl carbamates (subject to hydrolysis) is 1. The van der Waals surface area contributed by atoms with E-state index in [0.29, 0.717) is 18.7 Å². The topological polar surface area (TPSA) is 174 Å². The number of ether oxygens (including phenoxy) is 2. The molecular formula is C26H36CaN3O8PS. The number of benzene rings is 2. The fourth-order valence-corrected chi connectivity index (χ4v) is 7.08. The maximum Gasteiger partial charge on any atom is 2.00 e.